The van der Waals surface area contributed by atoms with Crippen LogP contribution in [0.5, 0.6) is 0 Å². The van der Waals surface area contributed by atoms with Crippen LogP contribution in [-0.2, 0) is 11.3 Å². The van der Waals surface area contributed by atoms with Crippen molar-refractivity contribution in [2.75, 3.05) is 20.1 Å². The van der Waals surface area contributed by atoms with Crippen LogP contribution in [-0.4, -0.2) is 32.1 Å². The number of quaternary nitrogens is 1. The Balaban J connectivity index is 2.37. The second-order valence-electron chi connectivity index (χ2n) is 5.89. The highest BCUT2D eigenvalue weighted by Crippen LogP contribution is 2.04. The first kappa shape index (κ1) is 17.2. The molecule has 0 aliphatic carbocycles. The lowest BCUT2D eigenvalue weighted by Gasteiger charge is -2.15. The Hall–Kier alpha value is -1.88. The number of nitrogens with one attached hydrogen (secondary N) is 3. The van der Waals surface area contributed by atoms with Crippen molar-refractivity contribution in [2.45, 2.75) is 27.3 Å². The summed E-state index contributed by atoms with van der Waals surface area (Å²) in [6.45, 7) is 7.65. The molecule has 0 bridgehead atoms. The van der Waals surface area contributed by atoms with Gasteiger partial charge < -0.3 is 10.2 Å². The van der Waals surface area contributed by atoms with Crippen molar-refractivity contribution in [1.29, 1.82) is 0 Å². The van der Waals surface area contributed by atoms with Gasteiger partial charge in [-0.05, 0) is 18.4 Å². The average molecular weight is 292 g/mol. The largest absolute Gasteiger partial charge is 0.338 e. The van der Waals surface area contributed by atoms with E-state index < -0.39 is 6.03 Å². The lowest BCUT2D eigenvalue weighted by atomic mass is 10.1. The molecule has 3 N–H and O–H groups in total. The first-order chi connectivity index (χ1) is 9.88. The van der Waals surface area contributed by atoms with E-state index in [0.717, 1.165) is 11.4 Å². The summed E-state index contributed by atoms with van der Waals surface area (Å²) in [4.78, 5) is 24.3. The lowest BCUT2D eigenvalue weighted by molar-refractivity contribution is -0.885. The molecule has 5 nitrogen and oxygen atoms in total. The van der Waals surface area contributed by atoms with Crippen molar-refractivity contribution >= 4 is 11.9 Å². The molecule has 0 spiro atoms. The monoisotopic (exact) mass is 292 g/mol. The molecular weight excluding hydrogens is 266 g/mol. The van der Waals surface area contributed by atoms with E-state index in [-0.39, 0.29) is 12.5 Å². The number of hydrogen-bond acceptors (Lipinski definition) is 2. The van der Waals surface area contributed by atoms with E-state index in [0.29, 0.717) is 12.5 Å². The minimum Gasteiger partial charge on any atom is -0.338 e. The normalized spacial score (nSPS) is 12.0. The number of likely N-dealkylation sites (N-methyl/N-ethyl adjacent to an activating group) is 1. The molecule has 0 radical (unpaired) electrons. The van der Waals surface area contributed by atoms with E-state index in [4.69, 9.17) is 0 Å². The van der Waals surface area contributed by atoms with Crippen LogP contribution in [0.25, 0.3) is 0 Å². The van der Waals surface area contributed by atoms with Gasteiger partial charge >= 0.3 is 6.03 Å². The van der Waals surface area contributed by atoms with Gasteiger partial charge in [0, 0.05) is 12.1 Å². The molecule has 1 aromatic rings. The quantitative estimate of drug-likeness (QED) is 0.714. The van der Waals surface area contributed by atoms with Gasteiger partial charge in [0.1, 0.15) is 6.54 Å². The molecule has 0 aromatic heterocycles. The molecule has 0 aliphatic rings. The number of urea groups is 1. The van der Waals surface area contributed by atoms with Gasteiger partial charge in [-0.1, -0.05) is 38.1 Å². The molecule has 1 rings (SSSR count). The van der Waals surface area contributed by atoms with Gasteiger partial charge in [0.05, 0.1) is 7.05 Å². The van der Waals surface area contributed by atoms with Gasteiger partial charge in [-0.25, -0.2) is 4.79 Å². The molecule has 0 saturated heterocycles. The number of benzene rings is 1. The van der Waals surface area contributed by atoms with Crippen LogP contribution in [0.3, 0.4) is 0 Å². The van der Waals surface area contributed by atoms with E-state index in [2.05, 4.69) is 29.7 Å². The molecule has 21 heavy (non-hydrogen) atoms. The Kier molecular flexibility index (Phi) is 6.88. The summed E-state index contributed by atoms with van der Waals surface area (Å²) in [7, 11) is 1.94. The molecule has 1 atom stereocenters. The van der Waals surface area contributed by atoms with E-state index in [1.54, 1.807) is 0 Å². The zero-order valence-electron chi connectivity index (χ0n) is 13.3. The Morgan fingerprint density at radius 2 is 1.90 bits per heavy atom. The molecule has 1 aromatic carbocycles. The molecule has 0 fully saturated rings. The van der Waals surface area contributed by atoms with Crippen LogP contribution < -0.4 is 15.5 Å². The van der Waals surface area contributed by atoms with Gasteiger partial charge in [-0.15, -0.1) is 0 Å². The molecule has 1 unspecified atom stereocenters. The molecule has 0 heterocycles. The van der Waals surface area contributed by atoms with Gasteiger partial charge in [-0.3, -0.25) is 10.1 Å². The highest BCUT2D eigenvalue weighted by atomic mass is 16.2. The maximum atomic E-state index is 11.8. The first-order valence-corrected chi connectivity index (χ1v) is 7.32. The predicted octanol–water partition coefficient (Wildman–Crippen LogP) is 0.492. The Morgan fingerprint density at radius 3 is 2.52 bits per heavy atom. The Bertz CT molecular complexity index is 486. The van der Waals surface area contributed by atoms with E-state index in [9.17, 15) is 9.59 Å². The molecule has 0 aliphatic heterocycles. The second-order valence-corrected chi connectivity index (χ2v) is 5.89. The third kappa shape index (κ3) is 6.90. The fraction of sp³-hybridized carbons (Fsp3) is 0.500. The van der Waals surface area contributed by atoms with E-state index >= 15 is 0 Å². The molecule has 5 heteroatoms. The van der Waals surface area contributed by atoms with E-state index in [1.165, 1.54) is 11.1 Å². The first-order valence-electron chi connectivity index (χ1n) is 7.32. The SMILES string of the molecule is Cc1ccccc1C[NH+](C)CC(=O)NC(=O)NCC(C)C. The third-order valence-electron chi connectivity index (χ3n) is 3.14. The number of hydrogen-bond donors (Lipinski definition) is 3. The highest BCUT2D eigenvalue weighted by molar-refractivity contribution is 5.94. The van der Waals surface area contributed by atoms with Crippen molar-refractivity contribution in [2.24, 2.45) is 5.92 Å². The third-order valence-corrected chi connectivity index (χ3v) is 3.14. The summed E-state index contributed by atoms with van der Waals surface area (Å²) in [6, 6.07) is 7.70. The van der Waals surface area contributed by atoms with Crippen LogP contribution in [0.1, 0.15) is 25.0 Å². The van der Waals surface area contributed by atoms with Gasteiger partial charge in [0.15, 0.2) is 6.54 Å². The van der Waals surface area contributed by atoms with Crippen molar-refractivity contribution < 1.29 is 14.5 Å². The molecular formula is C16H26N3O2+. The van der Waals surface area contributed by atoms with Crippen molar-refractivity contribution in [1.82, 2.24) is 10.6 Å². The zero-order valence-corrected chi connectivity index (χ0v) is 13.3. The van der Waals surface area contributed by atoms with Gasteiger partial charge in [0.25, 0.3) is 5.91 Å². The summed E-state index contributed by atoms with van der Waals surface area (Å²) in [5, 5.41) is 5.02. The minimum atomic E-state index is -0.419. The van der Waals surface area contributed by atoms with Gasteiger partial charge in [0.2, 0.25) is 0 Å². The fourth-order valence-electron chi connectivity index (χ4n) is 1.98. The Labute approximate surface area is 126 Å². The zero-order chi connectivity index (χ0) is 15.8. The van der Waals surface area contributed by atoms with Crippen molar-refractivity contribution in [3.63, 3.8) is 0 Å². The van der Waals surface area contributed by atoms with Gasteiger partial charge in [-0.2, -0.15) is 0 Å². The van der Waals surface area contributed by atoms with E-state index in [1.807, 2.05) is 33.0 Å². The number of rotatable bonds is 6. The summed E-state index contributed by atoms with van der Waals surface area (Å²) < 4.78 is 0. The smallest absolute Gasteiger partial charge is 0.321 e. The van der Waals surface area contributed by atoms with Crippen molar-refractivity contribution in [3.05, 3.63) is 35.4 Å². The summed E-state index contributed by atoms with van der Waals surface area (Å²) in [6.07, 6.45) is 0. The molecule has 3 amide bonds. The van der Waals surface area contributed by atoms with Crippen LogP contribution in [0.4, 0.5) is 4.79 Å². The van der Waals surface area contributed by atoms with Crippen LogP contribution in [0.15, 0.2) is 24.3 Å². The number of imide groups is 1. The maximum Gasteiger partial charge on any atom is 0.321 e. The minimum absolute atomic E-state index is 0.262. The predicted molar refractivity (Wildman–Crippen MR) is 83.0 cm³/mol. The number of amides is 3. The topological polar surface area (TPSA) is 62.6 Å². The molecule has 116 valence electrons. The maximum absolute atomic E-state index is 11.8. The fourth-order valence-corrected chi connectivity index (χ4v) is 1.98. The average Bonchev–Trinajstić information content (AvgIpc) is 2.38. The van der Waals surface area contributed by atoms with Crippen molar-refractivity contribution in [3.8, 4) is 0 Å². The Morgan fingerprint density at radius 1 is 1.24 bits per heavy atom. The van der Waals surface area contributed by atoms with Crippen LogP contribution in [0.2, 0.25) is 0 Å². The van der Waals surface area contributed by atoms with Crippen LogP contribution in [0, 0.1) is 12.8 Å². The van der Waals surface area contributed by atoms with Crippen LogP contribution >= 0.6 is 0 Å². The number of carbonyl (C=O) groups is 2. The second kappa shape index (κ2) is 8.42. The summed E-state index contributed by atoms with van der Waals surface area (Å²) >= 11 is 0. The lowest BCUT2D eigenvalue weighted by Crippen LogP contribution is -3.09. The molecule has 0 saturated carbocycles. The number of carbonyl (C=O) groups excluding carboxylic acids is 2. The number of aryl methyl sites for hydroxylation is 1. The standard InChI is InChI=1S/C16H25N3O2/c1-12(2)9-17-16(21)18-15(20)11-19(4)10-14-8-6-5-7-13(14)3/h5-8,12H,9-11H2,1-4H3,(H2,17,18,20,21)/p+1. The summed E-state index contributed by atoms with van der Waals surface area (Å²) in [5.74, 6) is 0.0996. The summed E-state index contributed by atoms with van der Waals surface area (Å²) in [5.41, 5.74) is 2.43. The highest BCUT2D eigenvalue weighted by Gasteiger charge is 2.14.